The first kappa shape index (κ1) is 12.7. The predicted octanol–water partition coefficient (Wildman–Crippen LogP) is 2.76. The average molecular weight is 252 g/mol. The highest BCUT2D eigenvalue weighted by Crippen LogP contribution is 2.31. The predicted molar refractivity (Wildman–Crippen MR) is 72.9 cm³/mol. The summed E-state index contributed by atoms with van der Waals surface area (Å²) in [7, 11) is 0. The number of aliphatic hydroxyl groups excluding tert-OH is 1. The van der Waals surface area contributed by atoms with Gasteiger partial charge in [0.15, 0.2) is 0 Å². The van der Waals surface area contributed by atoms with Crippen molar-refractivity contribution in [1.82, 2.24) is 4.98 Å². The topological polar surface area (TPSA) is 59.1 Å². The lowest BCUT2D eigenvalue weighted by Crippen LogP contribution is -2.12. The van der Waals surface area contributed by atoms with Crippen LogP contribution in [0.3, 0.4) is 0 Å². The van der Waals surface area contributed by atoms with Crippen molar-refractivity contribution in [3.8, 4) is 0 Å². The smallest absolute Gasteiger partial charge is 0.0915 e. The number of anilines is 1. The first-order chi connectivity index (χ1) is 8.27. The molecule has 2 rings (SSSR count). The number of hydrogen-bond acceptors (Lipinski definition) is 4. The molecule has 0 bridgehead atoms. The largest absolute Gasteiger partial charge is 0.398 e. The zero-order valence-corrected chi connectivity index (χ0v) is 10.8. The molecule has 94 valence electrons. The molecule has 17 heavy (non-hydrogen) atoms. The Kier molecular flexibility index (Phi) is 4.68. The van der Waals surface area contributed by atoms with E-state index in [-0.39, 0.29) is 0 Å². The lowest BCUT2D eigenvalue weighted by molar-refractivity contribution is 0.204. The van der Waals surface area contributed by atoms with E-state index in [1.54, 1.807) is 18.5 Å². The van der Waals surface area contributed by atoms with Crippen LogP contribution >= 0.6 is 11.8 Å². The van der Waals surface area contributed by atoms with Crippen molar-refractivity contribution in [2.45, 2.75) is 43.5 Å². The van der Waals surface area contributed by atoms with Crippen LogP contribution in [-0.2, 0) is 0 Å². The monoisotopic (exact) mass is 252 g/mol. The van der Waals surface area contributed by atoms with Gasteiger partial charge in [-0.2, -0.15) is 11.8 Å². The van der Waals surface area contributed by atoms with E-state index in [4.69, 9.17) is 5.73 Å². The number of pyridine rings is 1. The van der Waals surface area contributed by atoms with Crippen molar-refractivity contribution in [2.24, 2.45) is 0 Å². The zero-order valence-electron chi connectivity index (χ0n) is 10.0. The molecular formula is C13H20N2OS. The van der Waals surface area contributed by atoms with Crippen molar-refractivity contribution in [3.63, 3.8) is 0 Å². The van der Waals surface area contributed by atoms with Gasteiger partial charge in [0.1, 0.15) is 0 Å². The summed E-state index contributed by atoms with van der Waals surface area (Å²) in [4.78, 5) is 4.01. The Morgan fingerprint density at radius 1 is 1.41 bits per heavy atom. The van der Waals surface area contributed by atoms with Gasteiger partial charge in [-0.15, -0.1) is 0 Å². The van der Waals surface area contributed by atoms with E-state index in [9.17, 15) is 5.11 Å². The number of nitrogens with zero attached hydrogens (tertiary/aromatic N) is 1. The fourth-order valence-corrected chi connectivity index (χ4v) is 3.55. The highest BCUT2D eigenvalue weighted by atomic mass is 32.2. The van der Waals surface area contributed by atoms with Gasteiger partial charge in [0.2, 0.25) is 0 Å². The van der Waals surface area contributed by atoms with Crippen molar-refractivity contribution in [1.29, 1.82) is 0 Å². The normalized spacial score (nSPS) is 19.1. The van der Waals surface area contributed by atoms with Crippen molar-refractivity contribution in [2.75, 3.05) is 11.5 Å². The maximum atomic E-state index is 10.1. The van der Waals surface area contributed by atoms with E-state index < -0.39 is 6.10 Å². The average Bonchev–Trinajstić information content (AvgIpc) is 2.38. The van der Waals surface area contributed by atoms with Crippen LogP contribution in [0.2, 0.25) is 0 Å². The molecule has 1 atom stereocenters. The van der Waals surface area contributed by atoms with Crippen molar-refractivity contribution >= 4 is 17.4 Å². The molecule has 1 fully saturated rings. The Morgan fingerprint density at radius 2 is 2.18 bits per heavy atom. The van der Waals surface area contributed by atoms with E-state index >= 15 is 0 Å². The fourth-order valence-electron chi connectivity index (χ4n) is 2.24. The first-order valence-corrected chi connectivity index (χ1v) is 7.31. The van der Waals surface area contributed by atoms with Gasteiger partial charge in [0.05, 0.1) is 6.10 Å². The summed E-state index contributed by atoms with van der Waals surface area (Å²) in [6.45, 7) is 0. The van der Waals surface area contributed by atoms with Crippen LogP contribution in [0, 0.1) is 0 Å². The second-order valence-electron chi connectivity index (χ2n) is 4.61. The van der Waals surface area contributed by atoms with Crippen LogP contribution in [0.5, 0.6) is 0 Å². The minimum absolute atomic E-state index is 0.490. The standard InChI is InChI=1S/C13H20N2OS/c14-12-6-7-15-8-11(12)13(16)9-17-10-4-2-1-3-5-10/h6-8,10,13,16H,1-5,9H2,(H2,14,15). The molecule has 1 unspecified atom stereocenters. The summed E-state index contributed by atoms with van der Waals surface area (Å²) in [6, 6.07) is 1.74. The first-order valence-electron chi connectivity index (χ1n) is 6.26. The molecule has 1 aliphatic carbocycles. The molecule has 0 radical (unpaired) electrons. The molecule has 0 aromatic carbocycles. The molecule has 1 aliphatic rings. The third-order valence-electron chi connectivity index (χ3n) is 3.29. The van der Waals surface area contributed by atoms with E-state index in [2.05, 4.69) is 4.98 Å². The van der Waals surface area contributed by atoms with E-state index in [1.165, 1.54) is 32.1 Å². The summed E-state index contributed by atoms with van der Waals surface area (Å²) < 4.78 is 0. The van der Waals surface area contributed by atoms with Gasteiger partial charge >= 0.3 is 0 Å². The molecule has 1 saturated carbocycles. The Labute approximate surface area is 107 Å². The molecule has 4 heteroatoms. The highest BCUT2D eigenvalue weighted by Gasteiger charge is 2.17. The summed E-state index contributed by atoms with van der Waals surface area (Å²) in [5.74, 6) is 0.723. The van der Waals surface area contributed by atoms with Crippen LogP contribution < -0.4 is 5.73 Å². The Morgan fingerprint density at radius 3 is 2.88 bits per heavy atom. The molecule has 1 aromatic rings. The van der Waals surface area contributed by atoms with Gasteiger partial charge in [-0.05, 0) is 18.9 Å². The molecule has 1 aromatic heterocycles. The second-order valence-corrected chi connectivity index (χ2v) is 5.95. The summed E-state index contributed by atoms with van der Waals surface area (Å²) in [6.07, 6.45) is 9.46. The van der Waals surface area contributed by atoms with E-state index in [0.29, 0.717) is 5.69 Å². The summed E-state index contributed by atoms with van der Waals surface area (Å²) >= 11 is 1.88. The number of aliphatic hydroxyl groups is 1. The molecule has 0 amide bonds. The van der Waals surface area contributed by atoms with Gasteiger partial charge in [0, 0.05) is 34.6 Å². The Balaban J connectivity index is 1.84. The van der Waals surface area contributed by atoms with Crippen molar-refractivity contribution in [3.05, 3.63) is 24.0 Å². The maximum Gasteiger partial charge on any atom is 0.0915 e. The van der Waals surface area contributed by atoms with E-state index in [1.807, 2.05) is 11.8 Å². The summed E-state index contributed by atoms with van der Waals surface area (Å²) in [5.41, 5.74) is 7.22. The van der Waals surface area contributed by atoms with Crippen LogP contribution in [0.4, 0.5) is 5.69 Å². The molecule has 3 N–H and O–H groups in total. The van der Waals surface area contributed by atoms with Crippen LogP contribution in [0.15, 0.2) is 18.5 Å². The maximum absolute atomic E-state index is 10.1. The third kappa shape index (κ3) is 3.61. The minimum Gasteiger partial charge on any atom is -0.398 e. The highest BCUT2D eigenvalue weighted by molar-refractivity contribution is 7.99. The lowest BCUT2D eigenvalue weighted by atomic mass is 10.0. The molecule has 1 heterocycles. The van der Waals surface area contributed by atoms with Gasteiger partial charge in [-0.3, -0.25) is 4.98 Å². The SMILES string of the molecule is Nc1ccncc1C(O)CSC1CCCCC1. The van der Waals surface area contributed by atoms with Crippen LogP contribution in [-0.4, -0.2) is 21.1 Å². The quantitative estimate of drug-likeness (QED) is 0.865. The van der Waals surface area contributed by atoms with Gasteiger partial charge in [0.25, 0.3) is 0 Å². The Bertz CT molecular complexity index is 353. The molecule has 0 spiro atoms. The fraction of sp³-hybridized carbons (Fsp3) is 0.615. The number of hydrogen-bond donors (Lipinski definition) is 2. The number of rotatable bonds is 4. The minimum atomic E-state index is -0.490. The third-order valence-corrected chi connectivity index (χ3v) is 4.74. The zero-order chi connectivity index (χ0) is 12.1. The van der Waals surface area contributed by atoms with Crippen LogP contribution in [0.25, 0.3) is 0 Å². The number of aromatic nitrogens is 1. The van der Waals surface area contributed by atoms with Gasteiger partial charge < -0.3 is 10.8 Å². The van der Waals surface area contributed by atoms with Crippen molar-refractivity contribution < 1.29 is 5.11 Å². The number of thioether (sulfide) groups is 1. The van der Waals surface area contributed by atoms with E-state index in [0.717, 1.165) is 16.6 Å². The molecular weight excluding hydrogens is 232 g/mol. The lowest BCUT2D eigenvalue weighted by Gasteiger charge is -2.22. The number of nitrogens with two attached hydrogens (primary N) is 1. The Hall–Kier alpha value is -0.740. The number of nitrogen functional groups attached to an aromatic ring is 1. The molecule has 3 nitrogen and oxygen atoms in total. The van der Waals surface area contributed by atoms with Crippen LogP contribution in [0.1, 0.15) is 43.8 Å². The second kappa shape index (κ2) is 6.26. The summed E-state index contributed by atoms with van der Waals surface area (Å²) in [5, 5.41) is 10.8. The molecule has 0 saturated heterocycles. The van der Waals surface area contributed by atoms with Gasteiger partial charge in [-0.1, -0.05) is 19.3 Å². The molecule has 0 aliphatic heterocycles. The van der Waals surface area contributed by atoms with Gasteiger partial charge in [-0.25, -0.2) is 0 Å².